The van der Waals surface area contributed by atoms with Gasteiger partial charge in [0.1, 0.15) is 5.84 Å². The second-order valence-corrected chi connectivity index (χ2v) is 3.61. The van der Waals surface area contributed by atoms with Gasteiger partial charge in [0.05, 0.1) is 6.61 Å². The summed E-state index contributed by atoms with van der Waals surface area (Å²) in [5, 5.41) is 20.1. The molecule has 5 nitrogen and oxygen atoms in total. The quantitative estimate of drug-likeness (QED) is 0.229. The van der Waals surface area contributed by atoms with Gasteiger partial charge in [0.25, 0.3) is 0 Å². The van der Waals surface area contributed by atoms with Crippen LogP contribution >= 0.6 is 0 Å². The summed E-state index contributed by atoms with van der Waals surface area (Å²) in [7, 11) is 0. The van der Waals surface area contributed by atoms with Crippen molar-refractivity contribution in [3.8, 4) is 0 Å². The van der Waals surface area contributed by atoms with Gasteiger partial charge in [-0.1, -0.05) is 18.5 Å². The van der Waals surface area contributed by atoms with Gasteiger partial charge in [0.15, 0.2) is 0 Å². The summed E-state index contributed by atoms with van der Waals surface area (Å²) < 4.78 is 0. The third-order valence-electron chi connectivity index (χ3n) is 2.28. The van der Waals surface area contributed by atoms with Crippen molar-refractivity contribution < 1.29 is 10.3 Å². The highest BCUT2D eigenvalue weighted by Crippen LogP contribution is 1.98. The van der Waals surface area contributed by atoms with Crippen molar-refractivity contribution >= 4 is 5.84 Å². The summed E-state index contributed by atoms with van der Waals surface area (Å²) in [6.07, 6.45) is 3.76. The molecule has 0 unspecified atom stereocenters. The molecule has 5 heteroatoms. The van der Waals surface area contributed by atoms with E-state index in [1.807, 2.05) is 0 Å². The van der Waals surface area contributed by atoms with Gasteiger partial charge in [-0.2, -0.15) is 0 Å². The molecule has 0 aliphatic rings. The van der Waals surface area contributed by atoms with Gasteiger partial charge in [0.2, 0.25) is 0 Å². The Bertz CT molecular complexity index is 174. The Labute approximate surface area is 91.6 Å². The van der Waals surface area contributed by atoms with Crippen molar-refractivity contribution in [3.05, 3.63) is 0 Å². The number of nitrogens with two attached hydrogens (primary N) is 1. The normalized spacial score (nSPS) is 12.3. The molecule has 15 heavy (non-hydrogen) atoms. The van der Waals surface area contributed by atoms with E-state index < -0.39 is 0 Å². The van der Waals surface area contributed by atoms with Crippen molar-refractivity contribution in [2.45, 2.75) is 32.6 Å². The molecule has 90 valence electrons. The molecule has 0 aliphatic heterocycles. The van der Waals surface area contributed by atoms with E-state index in [4.69, 9.17) is 16.0 Å². The van der Waals surface area contributed by atoms with Crippen LogP contribution in [0.1, 0.15) is 32.6 Å². The van der Waals surface area contributed by atoms with Crippen LogP contribution in [0.5, 0.6) is 0 Å². The molecular weight excluding hydrogens is 194 g/mol. The molecule has 0 aromatic carbocycles. The molecule has 0 saturated heterocycles. The summed E-state index contributed by atoms with van der Waals surface area (Å²) in [5.74, 6) is 0.273. The fourth-order valence-electron chi connectivity index (χ4n) is 1.39. The van der Waals surface area contributed by atoms with E-state index in [1.54, 1.807) is 0 Å². The van der Waals surface area contributed by atoms with E-state index in [-0.39, 0.29) is 12.4 Å². The van der Waals surface area contributed by atoms with Crippen LogP contribution in [0.3, 0.4) is 0 Å². The van der Waals surface area contributed by atoms with Crippen LogP contribution in [0.4, 0.5) is 0 Å². The van der Waals surface area contributed by atoms with Crippen LogP contribution in [0.15, 0.2) is 5.16 Å². The van der Waals surface area contributed by atoms with E-state index >= 15 is 0 Å². The Morgan fingerprint density at radius 2 is 1.93 bits per heavy atom. The van der Waals surface area contributed by atoms with Crippen LogP contribution in [0, 0.1) is 0 Å². The maximum atomic E-state index is 8.86. The van der Waals surface area contributed by atoms with Gasteiger partial charge < -0.3 is 20.9 Å². The van der Waals surface area contributed by atoms with Crippen LogP contribution < -0.4 is 5.73 Å². The minimum atomic E-state index is 0.188. The summed E-state index contributed by atoms with van der Waals surface area (Å²) in [6, 6.07) is 0. The molecule has 0 heterocycles. The predicted molar refractivity (Wildman–Crippen MR) is 61.1 cm³/mol. The van der Waals surface area contributed by atoms with E-state index in [0.29, 0.717) is 13.0 Å². The van der Waals surface area contributed by atoms with E-state index in [9.17, 15) is 0 Å². The van der Waals surface area contributed by atoms with Crippen LogP contribution in [0.2, 0.25) is 0 Å². The third-order valence-corrected chi connectivity index (χ3v) is 2.28. The Balaban J connectivity index is 3.64. The second kappa shape index (κ2) is 9.73. The Morgan fingerprint density at radius 3 is 2.47 bits per heavy atom. The lowest BCUT2D eigenvalue weighted by Crippen LogP contribution is -2.29. The molecule has 0 aromatic heterocycles. The molecule has 0 aliphatic carbocycles. The summed E-state index contributed by atoms with van der Waals surface area (Å²) in [5.41, 5.74) is 5.37. The molecule has 0 radical (unpaired) electrons. The lowest BCUT2D eigenvalue weighted by Gasteiger charge is -2.20. The highest BCUT2D eigenvalue weighted by Gasteiger charge is 2.03. The topological polar surface area (TPSA) is 82.1 Å². The van der Waals surface area contributed by atoms with Gasteiger partial charge in [-0.25, -0.2) is 0 Å². The Morgan fingerprint density at radius 1 is 1.27 bits per heavy atom. The highest BCUT2D eigenvalue weighted by atomic mass is 16.4. The summed E-state index contributed by atoms with van der Waals surface area (Å²) in [6.45, 7) is 4.93. The fourth-order valence-corrected chi connectivity index (χ4v) is 1.39. The van der Waals surface area contributed by atoms with Crippen molar-refractivity contribution in [3.63, 3.8) is 0 Å². The Kier molecular flexibility index (Phi) is 9.21. The Hall–Kier alpha value is -0.810. The fraction of sp³-hybridized carbons (Fsp3) is 0.900. The first-order chi connectivity index (χ1) is 7.24. The lowest BCUT2D eigenvalue weighted by atomic mass is 10.2. The van der Waals surface area contributed by atoms with Crippen LogP contribution in [-0.4, -0.2) is 47.3 Å². The molecule has 0 saturated carbocycles. The summed E-state index contributed by atoms with van der Waals surface area (Å²) >= 11 is 0. The third kappa shape index (κ3) is 8.20. The number of oxime groups is 1. The maximum Gasteiger partial charge on any atom is 0.139 e. The molecule has 0 bridgehead atoms. The maximum absolute atomic E-state index is 8.86. The molecule has 0 amide bonds. The van der Waals surface area contributed by atoms with E-state index in [0.717, 1.165) is 32.4 Å². The SMILES string of the molecule is CCCCN(CCO)CCCC(N)=NO. The molecule has 0 fully saturated rings. The first-order valence-corrected chi connectivity index (χ1v) is 5.54. The zero-order valence-electron chi connectivity index (χ0n) is 9.52. The smallest absolute Gasteiger partial charge is 0.139 e. The number of rotatable bonds is 9. The molecular formula is C10H23N3O2. The number of hydrogen-bond acceptors (Lipinski definition) is 4. The summed E-state index contributed by atoms with van der Waals surface area (Å²) in [4.78, 5) is 2.20. The monoisotopic (exact) mass is 217 g/mol. The molecule has 4 N–H and O–H groups in total. The predicted octanol–water partition coefficient (Wildman–Crippen LogP) is 0.607. The van der Waals surface area contributed by atoms with E-state index in [1.165, 1.54) is 0 Å². The van der Waals surface area contributed by atoms with Crippen molar-refractivity contribution in [2.24, 2.45) is 10.9 Å². The van der Waals surface area contributed by atoms with Crippen molar-refractivity contribution in [2.75, 3.05) is 26.2 Å². The van der Waals surface area contributed by atoms with Gasteiger partial charge in [-0.15, -0.1) is 0 Å². The zero-order valence-corrected chi connectivity index (χ0v) is 9.52. The van der Waals surface area contributed by atoms with Crippen molar-refractivity contribution in [1.29, 1.82) is 0 Å². The number of aliphatic hydroxyl groups is 1. The molecule has 0 aromatic rings. The average molecular weight is 217 g/mol. The average Bonchev–Trinajstić information content (AvgIpc) is 2.25. The number of nitrogens with zero attached hydrogens (tertiary/aromatic N) is 2. The second-order valence-electron chi connectivity index (χ2n) is 3.61. The van der Waals surface area contributed by atoms with Crippen LogP contribution in [-0.2, 0) is 0 Å². The number of amidine groups is 1. The van der Waals surface area contributed by atoms with Gasteiger partial charge in [0, 0.05) is 13.0 Å². The minimum absolute atomic E-state index is 0.188. The van der Waals surface area contributed by atoms with Gasteiger partial charge in [-0.3, -0.25) is 0 Å². The van der Waals surface area contributed by atoms with Gasteiger partial charge >= 0.3 is 0 Å². The minimum Gasteiger partial charge on any atom is -0.409 e. The largest absolute Gasteiger partial charge is 0.409 e. The highest BCUT2D eigenvalue weighted by molar-refractivity contribution is 5.79. The number of unbranched alkanes of at least 4 members (excludes halogenated alkanes) is 1. The number of hydrogen-bond donors (Lipinski definition) is 3. The first-order valence-electron chi connectivity index (χ1n) is 5.54. The first kappa shape index (κ1) is 14.2. The standard InChI is InChI=1S/C10H23N3O2/c1-2-3-6-13(8-9-14)7-4-5-10(11)12-15/h14-15H,2-9H2,1H3,(H2,11,12). The van der Waals surface area contributed by atoms with Crippen molar-refractivity contribution in [1.82, 2.24) is 4.90 Å². The molecule has 0 atom stereocenters. The molecule has 0 spiro atoms. The number of aliphatic hydroxyl groups excluding tert-OH is 1. The lowest BCUT2D eigenvalue weighted by molar-refractivity contribution is 0.193. The zero-order chi connectivity index (χ0) is 11.5. The molecule has 0 rings (SSSR count). The van der Waals surface area contributed by atoms with E-state index in [2.05, 4.69) is 17.0 Å². The van der Waals surface area contributed by atoms with Gasteiger partial charge in [-0.05, 0) is 25.9 Å². The van der Waals surface area contributed by atoms with Crippen LogP contribution in [0.25, 0.3) is 0 Å².